The molecule has 0 unspecified atom stereocenters. The molecule has 11 heteroatoms. The van der Waals surface area contributed by atoms with E-state index in [9.17, 15) is 14.4 Å². The van der Waals surface area contributed by atoms with Gasteiger partial charge in [0.2, 0.25) is 5.78 Å². The molecule has 0 spiro atoms. The number of pyridine rings is 1. The van der Waals surface area contributed by atoms with Gasteiger partial charge in [0, 0.05) is 35.6 Å². The lowest BCUT2D eigenvalue weighted by atomic mass is 9.89. The van der Waals surface area contributed by atoms with Crippen molar-refractivity contribution in [3.8, 4) is 11.3 Å². The summed E-state index contributed by atoms with van der Waals surface area (Å²) in [6.45, 7) is 8.13. The van der Waals surface area contributed by atoms with Crippen molar-refractivity contribution in [2.24, 2.45) is 5.41 Å². The summed E-state index contributed by atoms with van der Waals surface area (Å²) in [5.41, 5.74) is 1.22. The SMILES string of the molecule is CCCC[C@H](NC(=O)O[C@H](Cn1ccc(-c2cccnc2)n1)C(C)(C)C)C(=O)C(=O)Nc1ccn[nH]1. The maximum absolute atomic E-state index is 12.9. The van der Waals surface area contributed by atoms with E-state index in [0.717, 1.165) is 17.7 Å². The zero-order valence-corrected chi connectivity index (χ0v) is 21.0. The number of carbonyl (C=O) groups excluding carboxylic acids is 3. The largest absolute Gasteiger partial charge is 0.444 e. The number of nitrogens with one attached hydrogen (secondary N) is 3. The third kappa shape index (κ3) is 7.49. The number of amides is 2. The van der Waals surface area contributed by atoms with Crippen molar-refractivity contribution in [3.63, 3.8) is 0 Å². The highest BCUT2D eigenvalue weighted by Crippen LogP contribution is 2.25. The van der Waals surface area contributed by atoms with E-state index in [-0.39, 0.29) is 0 Å². The Morgan fingerprint density at radius 2 is 1.97 bits per heavy atom. The van der Waals surface area contributed by atoms with Crippen LogP contribution < -0.4 is 10.6 Å². The minimum atomic E-state index is -1.01. The van der Waals surface area contributed by atoms with Crippen molar-refractivity contribution in [1.29, 1.82) is 0 Å². The van der Waals surface area contributed by atoms with Crippen molar-refractivity contribution in [1.82, 2.24) is 30.3 Å². The van der Waals surface area contributed by atoms with Crippen molar-refractivity contribution < 1.29 is 19.1 Å². The van der Waals surface area contributed by atoms with Crippen LogP contribution in [0.5, 0.6) is 0 Å². The number of unbranched alkanes of at least 4 members (excludes halogenated alkanes) is 1. The van der Waals surface area contributed by atoms with Crippen LogP contribution in [-0.2, 0) is 20.9 Å². The van der Waals surface area contributed by atoms with E-state index >= 15 is 0 Å². The van der Waals surface area contributed by atoms with Gasteiger partial charge < -0.3 is 15.4 Å². The molecule has 0 saturated carbocycles. The number of ketones is 1. The molecule has 2 amide bonds. The van der Waals surface area contributed by atoms with E-state index < -0.39 is 35.3 Å². The predicted molar refractivity (Wildman–Crippen MR) is 134 cm³/mol. The zero-order chi connectivity index (χ0) is 26.1. The van der Waals surface area contributed by atoms with Gasteiger partial charge in [-0.2, -0.15) is 10.2 Å². The number of aromatic amines is 1. The maximum Gasteiger partial charge on any atom is 0.408 e. The summed E-state index contributed by atoms with van der Waals surface area (Å²) in [4.78, 5) is 42.2. The van der Waals surface area contributed by atoms with Crippen LogP contribution in [-0.4, -0.2) is 54.9 Å². The first-order chi connectivity index (χ1) is 17.2. The molecule has 3 rings (SSSR count). The number of anilines is 1. The van der Waals surface area contributed by atoms with E-state index in [1.807, 2.05) is 52.1 Å². The van der Waals surface area contributed by atoms with Crippen LogP contribution >= 0.6 is 0 Å². The quantitative estimate of drug-likeness (QED) is 0.345. The molecule has 0 aliphatic heterocycles. The van der Waals surface area contributed by atoms with E-state index in [0.29, 0.717) is 25.2 Å². The molecular formula is C25H33N7O4. The van der Waals surface area contributed by atoms with Gasteiger partial charge in [0.15, 0.2) is 0 Å². The lowest BCUT2D eigenvalue weighted by Gasteiger charge is -2.30. The summed E-state index contributed by atoms with van der Waals surface area (Å²) in [5.74, 6) is -1.30. The molecule has 0 saturated heterocycles. The van der Waals surface area contributed by atoms with Gasteiger partial charge in [0.05, 0.1) is 18.4 Å². The number of alkyl carbamates (subject to hydrolysis) is 1. The molecule has 0 aliphatic carbocycles. The molecule has 3 aromatic rings. The number of hydrogen-bond donors (Lipinski definition) is 3. The fourth-order valence-corrected chi connectivity index (χ4v) is 3.44. The molecule has 0 aliphatic rings. The fourth-order valence-electron chi connectivity index (χ4n) is 3.44. The number of aromatic nitrogens is 5. The molecule has 11 nitrogen and oxygen atoms in total. The highest BCUT2D eigenvalue weighted by Gasteiger charge is 2.32. The van der Waals surface area contributed by atoms with Crippen molar-refractivity contribution in [3.05, 3.63) is 49.1 Å². The molecule has 0 radical (unpaired) electrons. The van der Waals surface area contributed by atoms with E-state index in [4.69, 9.17) is 4.74 Å². The zero-order valence-electron chi connectivity index (χ0n) is 21.0. The molecule has 3 aromatic heterocycles. The van der Waals surface area contributed by atoms with Gasteiger partial charge in [-0.3, -0.25) is 24.4 Å². The molecule has 192 valence electrons. The summed E-state index contributed by atoms with van der Waals surface area (Å²) in [6.07, 6.45) is 7.14. The Bertz CT molecular complexity index is 1140. The third-order valence-corrected chi connectivity index (χ3v) is 5.59. The van der Waals surface area contributed by atoms with E-state index in [2.05, 4.69) is 30.9 Å². The predicted octanol–water partition coefficient (Wildman–Crippen LogP) is 3.58. The lowest BCUT2D eigenvalue weighted by molar-refractivity contribution is -0.136. The second kappa shape index (κ2) is 12.1. The maximum atomic E-state index is 12.9. The number of Topliss-reactive ketones (excluding diaryl/α,β-unsaturated/α-hetero) is 1. The van der Waals surface area contributed by atoms with Crippen LogP contribution in [0.1, 0.15) is 47.0 Å². The van der Waals surface area contributed by atoms with Gasteiger partial charge in [0.25, 0.3) is 5.91 Å². The summed E-state index contributed by atoms with van der Waals surface area (Å²) < 4.78 is 7.47. The Kier molecular flexibility index (Phi) is 8.93. The number of H-pyrrole nitrogens is 1. The summed E-state index contributed by atoms with van der Waals surface area (Å²) in [6, 6.07) is 6.14. The normalized spacial score (nSPS) is 13.0. The Balaban J connectivity index is 1.66. The average Bonchev–Trinajstić information content (AvgIpc) is 3.53. The highest BCUT2D eigenvalue weighted by atomic mass is 16.6. The number of nitrogens with zero attached hydrogens (tertiary/aromatic N) is 4. The molecule has 3 heterocycles. The van der Waals surface area contributed by atoms with Gasteiger partial charge in [-0.05, 0) is 24.6 Å². The van der Waals surface area contributed by atoms with Gasteiger partial charge in [-0.25, -0.2) is 4.79 Å². The van der Waals surface area contributed by atoms with Gasteiger partial charge >= 0.3 is 6.09 Å². The third-order valence-electron chi connectivity index (χ3n) is 5.59. The van der Waals surface area contributed by atoms with Crippen LogP contribution in [0.4, 0.5) is 10.6 Å². The molecule has 36 heavy (non-hydrogen) atoms. The molecule has 0 fully saturated rings. The first-order valence-corrected chi connectivity index (χ1v) is 11.9. The first kappa shape index (κ1) is 26.6. The summed E-state index contributed by atoms with van der Waals surface area (Å²) >= 11 is 0. The van der Waals surface area contributed by atoms with Crippen molar-refractivity contribution in [2.75, 3.05) is 5.32 Å². The summed E-state index contributed by atoms with van der Waals surface area (Å²) in [7, 11) is 0. The minimum Gasteiger partial charge on any atom is -0.444 e. The Morgan fingerprint density at radius 1 is 1.17 bits per heavy atom. The second-order valence-electron chi connectivity index (χ2n) is 9.55. The molecule has 3 N–H and O–H groups in total. The molecule has 0 aromatic carbocycles. The molecule has 2 atom stereocenters. The number of hydrogen-bond acceptors (Lipinski definition) is 7. The van der Waals surface area contributed by atoms with E-state index in [1.165, 1.54) is 12.3 Å². The van der Waals surface area contributed by atoms with Crippen molar-refractivity contribution in [2.45, 2.75) is 65.6 Å². The van der Waals surface area contributed by atoms with Crippen LogP contribution in [0.3, 0.4) is 0 Å². The molecule has 0 bridgehead atoms. The number of ether oxygens (including phenoxy) is 1. The Labute approximate surface area is 210 Å². The van der Waals surface area contributed by atoms with Crippen molar-refractivity contribution >= 4 is 23.6 Å². The fraction of sp³-hybridized carbons (Fsp3) is 0.440. The smallest absolute Gasteiger partial charge is 0.408 e. The van der Waals surface area contributed by atoms with Gasteiger partial charge in [0.1, 0.15) is 18.0 Å². The first-order valence-electron chi connectivity index (χ1n) is 11.9. The standard InChI is InChI=1S/C25H33N7O4/c1-5-6-9-19(22(33)23(34)29-21-10-13-27-30-21)28-24(35)36-20(25(2,3)4)16-32-14-11-18(31-32)17-8-7-12-26-15-17/h7-8,10-15,19-20H,5-6,9,16H2,1-4H3,(H,28,35)(H2,27,29,30,34)/t19-,20+/m0/s1. The average molecular weight is 496 g/mol. The Morgan fingerprint density at radius 3 is 2.61 bits per heavy atom. The van der Waals surface area contributed by atoms with Crippen LogP contribution in [0, 0.1) is 5.41 Å². The number of carbonyl (C=O) groups is 3. The van der Waals surface area contributed by atoms with Gasteiger partial charge in [-0.15, -0.1) is 0 Å². The Hall–Kier alpha value is -4.02. The monoisotopic (exact) mass is 495 g/mol. The van der Waals surface area contributed by atoms with Gasteiger partial charge in [-0.1, -0.05) is 40.5 Å². The summed E-state index contributed by atoms with van der Waals surface area (Å²) in [5, 5.41) is 15.9. The number of rotatable bonds is 11. The van der Waals surface area contributed by atoms with E-state index in [1.54, 1.807) is 17.1 Å². The topological polar surface area (TPSA) is 144 Å². The van der Waals surface area contributed by atoms with Crippen LogP contribution in [0.15, 0.2) is 49.1 Å². The van der Waals surface area contributed by atoms with Crippen LogP contribution in [0.2, 0.25) is 0 Å². The van der Waals surface area contributed by atoms with Crippen LogP contribution in [0.25, 0.3) is 11.3 Å². The molecular weight excluding hydrogens is 462 g/mol. The lowest BCUT2D eigenvalue weighted by Crippen LogP contribution is -2.48. The highest BCUT2D eigenvalue weighted by molar-refractivity contribution is 6.42. The minimum absolute atomic E-state index is 0.294. The second-order valence-corrected chi connectivity index (χ2v) is 9.55.